The average Bonchev–Trinajstić information content (AvgIpc) is 1.87. The first-order valence-corrected chi connectivity index (χ1v) is 42.4. The Kier molecular flexibility index (Phi) is 65.2. The predicted molar refractivity (Wildman–Crippen MR) is 386 cm³/mol. The Balaban J connectivity index is 5.25. The van der Waals surface area contributed by atoms with Crippen molar-refractivity contribution in [3.05, 3.63) is 0 Å². The van der Waals surface area contributed by atoms with Crippen LogP contribution in [0, 0.1) is 17.8 Å². The molecule has 0 saturated heterocycles. The molecule has 0 aliphatic carbocycles. The van der Waals surface area contributed by atoms with Gasteiger partial charge in [-0.1, -0.05) is 337 Å². The van der Waals surface area contributed by atoms with Crippen molar-refractivity contribution < 1.29 is 80.2 Å². The van der Waals surface area contributed by atoms with Gasteiger partial charge in [-0.05, 0) is 43.4 Å². The van der Waals surface area contributed by atoms with Crippen LogP contribution in [0.25, 0.3) is 0 Å². The smallest absolute Gasteiger partial charge is 0.462 e. The van der Waals surface area contributed by atoms with E-state index in [1.165, 1.54) is 193 Å². The summed E-state index contributed by atoms with van der Waals surface area (Å²) in [5, 5.41) is 10.6. The van der Waals surface area contributed by atoms with Crippen molar-refractivity contribution in [3.63, 3.8) is 0 Å². The minimum Gasteiger partial charge on any atom is -0.462 e. The van der Waals surface area contributed by atoms with Gasteiger partial charge in [-0.25, -0.2) is 9.13 Å². The Morgan fingerprint density at radius 3 is 0.800 bits per heavy atom. The summed E-state index contributed by atoms with van der Waals surface area (Å²) in [6.45, 7) is 11.9. The molecule has 3 N–H and O–H groups in total. The van der Waals surface area contributed by atoms with Gasteiger partial charge in [0.05, 0.1) is 26.4 Å². The second-order valence-corrected chi connectivity index (χ2v) is 31.5. The number of rotatable bonds is 74. The molecule has 0 bridgehead atoms. The van der Waals surface area contributed by atoms with E-state index in [2.05, 4.69) is 48.5 Å². The highest BCUT2D eigenvalue weighted by molar-refractivity contribution is 7.47. The van der Waals surface area contributed by atoms with Crippen LogP contribution < -0.4 is 0 Å². The van der Waals surface area contributed by atoms with E-state index in [-0.39, 0.29) is 25.7 Å². The van der Waals surface area contributed by atoms with Crippen molar-refractivity contribution >= 4 is 39.5 Å². The Labute approximate surface area is 581 Å². The number of unbranched alkanes of at least 4 members (excludes halogenated alkanes) is 41. The number of carbonyl (C=O) groups excluding carboxylic acids is 4. The van der Waals surface area contributed by atoms with E-state index in [0.29, 0.717) is 25.7 Å². The first kappa shape index (κ1) is 93.1. The van der Waals surface area contributed by atoms with Gasteiger partial charge in [0, 0.05) is 25.7 Å². The summed E-state index contributed by atoms with van der Waals surface area (Å²) < 4.78 is 68.5. The number of hydrogen-bond donors (Lipinski definition) is 3. The number of esters is 4. The molecule has 0 aliphatic rings. The normalized spacial score (nSPS) is 14.4. The highest BCUT2D eigenvalue weighted by Gasteiger charge is 2.30. The molecule has 0 rings (SSSR count). The number of hydrogen-bond acceptors (Lipinski definition) is 15. The average molecular weight is 1400 g/mol. The molecule has 0 aromatic rings. The summed E-state index contributed by atoms with van der Waals surface area (Å²) in [5.41, 5.74) is 0. The van der Waals surface area contributed by atoms with E-state index in [4.69, 9.17) is 37.0 Å². The molecule has 19 heteroatoms. The number of phosphoric ester groups is 2. The van der Waals surface area contributed by atoms with Gasteiger partial charge in [-0.15, -0.1) is 0 Å². The molecule has 0 spiro atoms. The van der Waals surface area contributed by atoms with E-state index in [1.807, 2.05) is 0 Å². The summed E-state index contributed by atoms with van der Waals surface area (Å²) in [6.07, 6.45) is 52.7. The lowest BCUT2D eigenvalue weighted by Gasteiger charge is -2.21. The van der Waals surface area contributed by atoms with Gasteiger partial charge in [-0.2, -0.15) is 0 Å². The minimum atomic E-state index is -4.96. The Hall–Kier alpha value is -1.94. The number of aliphatic hydroxyl groups is 1. The molecule has 0 amide bonds. The molecule has 3 unspecified atom stereocenters. The number of carbonyl (C=O) groups is 4. The predicted octanol–water partition coefficient (Wildman–Crippen LogP) is 22.2. The van der Waals surface area contributed by atoms with Crippen LogP contribution in [0.4, 0.5) is 0 Å². The topological polar surface area (TPSA) is 237 Å². The SMILES string of the molecule is CCCCCCCCCCCCCCCC(=O)O[C@H](COC(=O)CCCCCCCCC(C)CC)COP(=O)(O)OC[C@H](O)COP(=O)(O)OC[C@@H](COC(=O)CCCCCCCCCCCCCC(C)C)OC(=O)CCCCCCCCCCCCCCCCCC(C)C. The molecule has 95 heavy (non-hydrogen) atoms. The van der Waals surface area contributed by atoms with Crippen molar-refractivity contribution in [2.24, 2.45) is 17.8 Å². The van der Waals surface area contributed by atoms with E-state index < -0.39 is 97.5 Å². The Bertz CT molecular complexity index is 1850. The molecule has 17 nitrogen and oxygen atoms in total. The molecule has 6 atom stereocenters. The van der Waals surface area contributed by atoms with Crippen molar-refractivity contribution in [3.8, 4) is 0 Å². The van der Waals surface area contributed by atoms with Crippen LogP contribution in [0.15, 0.2) is 0 Å². The van der Waals surface area contributed by atoms with Gasteiger partial charge in [0.15, 0.2) is 12.2 Å². The minimum absolute atomic E-state index is 0.107. The third-order valence-corrected chi connectivity index (χ3v) is 19.9. The highest BCUT2D eigenvalue weighted by Crippen LogP contribution is 2.45. The van der Waals surface area contributed by atoms with E-state index in [1.54, 1.807) is 0 Å². The third kappa shape index (κ3) is 69.0. The molecule has 0 saturated carbocycles. The summed E-state index contributed by atoms with van der Waals surface area (Å²) in [4.78, 5) is 72.8. The third-order valence-electron chi connectivity index (χ3n) is 18.0. The highest BCUT2D eigenvalue weighted by atomic mass is 31.2. The lowest BCUT2D eigenvalue weighted by atomic mass is 10.00. The van der Waals surface area contributed by atoms with Crippen LogP contribution in [-0.2, 0) is 65.4 Å². The van der Waals surface area contributed by atoms with E-state index in [0.717, 1.165) is 114 Å². The lowest BCUT2D eigenvalue weighted by molar-refractivity contribution is -0.161. The second-order valence-electron chi connectivity index (χ2n) is 28.6. The maximum absolute atomic E-state index is 13.1. The van der Waals surface area contributed by atoms with Gasteiger partial charge in [0.1, 0.15) is 19.3 Å². The maximum Gasteiger partial charge on any atom is 0.472 e. The van der Waals surface area contributed by atoms with Crippen molar-refractivity contribution in [2.75, 3.05) is 39.6 Å². The zero-order valence-corrected chi connectivity index (χ0v) is 63.9. The fraction of sp³-hybridized carbons (Fsp3) is 0.947. The van der Waals surface area contributed by atoms with E-state index in [9.17, 15) is 43.2 Å². The largest absolute Gasteiger partial charge is 0.472 e. The van der Waals surface area contributed by atoms with Gasteiger partial charge >= 0.3 is 39.5 Å². The Morgan fingerprint density at radius 2 is 0.537 bits per heavy atom. The van der Waals surface area contributed by atoms with Gasteiger partial charge < -0.3 is 33.8 Å². The fourth-order valence-electron chi connectivity index (χ4n) is 11.6. The summed E-state index contributed by atoms with van der Waals surface area (Å²) >= 11 is 0. The number of phosphoric acid groups is 2. The molecule has 0 aromatic heterocycles. The van der Waals surface area contributed by atoms with Crippen molar-refractivity contribution in [1.82, 2.24) is 0 Å². The number of aliphatic hydroxyl groups excluding tert-OH is 1. The first-order valence-electron chi connectivity index (χ1n) is 39.4. The summed E-state index contributed by atoms with van der Waals surface area (Å²) in [6, 6.07) is 0. The van der Waals surface area contributed by atoms with Crippen LogP contribution in [0.1, 0.15) is 389 Å². The van der Waals surface area contributed by atoms with Crippen LogP contribution in [0.2, 0.25) is 0 Å². The maximum atomic E-state index is 13.1. The van der Waals surface area contributed by atoms with Gasteiger partial charge in [0.25, 0.3) is 0 Å². The fourth-order valence-corrected chi connectivity index (χ4v) is 13.1. The van der Waals surface area contributed by atoms with Crippen LogP contribution in [0.3, 0.4) is 0 Å². The monoisotopic (exact) mass is 1400 g/mol. The van der Waals surface area contributed by atoms with Crippen LogP contribution in [-0.4, -0.2) is 96.7 Å². The standard InChI is InChI=1S/C76H148O17P2/c1-8-10-11-12-13-14-15-19-25-31-36-45-52-59-76(81)93-72(64-87-74(79)58-51-44-39-38-42-49-56-69(7)9-2)66-91-95(84,85)89-62-70(77)61-88-94(82,83)90-65-71(63-86-73(78)57-50-43-35-30-27-22-24-29-34-41-48-55-68(5)6)92-75(80)60-53-46-37-32-26-21-18-16-17-20-23-28-33-40-47-54-67(3)4/h67-72,77H,8-66H2,1-7H3,(H,82,83)(H,84,85)/t69?,70-,71-,72-/m1/s1. The molecule has 0 radical (unpaired) electrons. The first-order chi connectivity index (χ1) is 45.8. The molecular formula is C76H148O17P2. The van der Waals surface area contributed by atoms with E-state index >= 15 is 0 Å². The molecule has 0 aromatic carbocycles. The zero-order chi connectivity index (χ0) is 70.1. The quantitative estimate of drug-likeness (QED) is 0.0222. The second kappa shape index (κ2) is 66.6. The summed E-state index contributed by atoms with van der Waals surface area (Å²) in [5.74, 6) is 0.187. The molecule has 0 heterocycles. The van der Waals surface area contributed by atoms with Crippen molar-refractivity contribution in [2.45, 2.75) is 407 Å². The van der Waals surface area contributed by atoms with Crippen molar-refractivity contribution in [1.29, 1.82) is 0 Å². The zero-order valence-electron chi connectivity index (χ0n) is 62.1. The molecule has 0 fully saturated rings. The van der Waals surface area contributed by atoms with Gasteiger partial charge in [0.2, 0.25) is 0 Å². The van der Waals surface area contributed by atoms with Crippen LogP contribution in [0.5, 0.6) is 0 Å². The Morgan fingerprint density at radius 1 is 0.305 bits per heavy atom. The van der Waals surface area contributed by atoms with Crippen LogP contribution >= 0.6 is 15.6 Å². The summed E-state index contributed by atoms with van der Waals surface area (Å²) in [7, 11) is -9.91. The number of ether oxygens (including phenoxy) is 4. The van der Waals surface area contributed by atoms with Gasteiger partial charge in [-0.3, -0.25) is 37.3 Å². The molecule has 564 valence electrons. The molecule has 0 aliphatic heterocycles. The lowest BCUT2D eigenvalue weighted by Crippen LogP contribution is -2.30. The molecular weight excluding hydrogens is 1250 g/mol.